The molecule has 6 heteroatoms. The molecule has 1 heterocycles. The van der Waals surface area contributed by atoms with Gasteiger partial charge in [-0.1, -0.05) is 0 Å². The molecule has 1 aliphatic heterocycles. The van der Waals surface area contributed by atoms with Gasteiger partial charge in [-0.15, -0.1) is 0 Å². The van der Waals surface area contributed by atoms with Crippen molar-refractivity contribution in [1.82, 2.24) is 4.90 Å². The lowest BCUT2D eigenvalue weighted by molar-refractivity contribution is -0.138. The van der Waals surface area contributed by atoms with Crippen molar-refractivity contribution in [2.75, 3.05) is 13.1 Å². The van der Waals surface area contributed by atoms with Crippen molar-refractivity contribution in [2.24, 2.45) is 5.73 Å². The van der Waals surface area contributed by atoms with Crippen LogP contribution < -0.4 is 5.73 Å². The largest absolute Gasteiger partial charge is 0.416 e. The summed E-state index contributed by atoms with van der Waals surface area (Å²) in [6.45, 7) is 1.28. The van der Waals surface area contributed by atoms with E-state index in [2.05, 4.69) is 0 Å². The molecule has 0 saturated carbocycles. The van der Waals surface area contributed by atoms with Crippen molar-refractivity contribution in [3.8, 4) is 0 Å². The van der Waals surface area contributed by atoms with Crippen LogP contribution in [-0.4, -0.2) is 24.0 Å². The van der Waals surface area contributed by atoms with Crippen molar-refractivity contribution < 1.29 is 17.6 Å². The first kappa shape index (κ1) is 13.3. The van der Waals surface area contributed by atoms with E-state index in [1.54, 1.807) is 0 Å². The molecule has 0 amide bonds. The Bertz CT molecular complexity index is 431. The van der Waals surface area contributed by atoms with Crippen LogP contribution in [0.2, 0.25) is 0 Å². The number of hydrogen-bond acceptors (Lipinski definition) is 2. The van der Waals surface area contributed by atoms with Crippen molar-refractivity contribution in [1.29, 1.82) is 0 Å². The third-order valence-electron chi connectivity index (χ3n) is 3.08. The molecule has 1 aliphatic rings. The average molecular weight is 262 g/mol. The van der Waals surface area contributed by atoms with Gasteiger partial charge in [0.05, 0.1) is 5.56 Å². The Morgan fingerprint density at radius 2 is 2.06 bits per heavy atom. The van der Waals surface area contributed by atoms with Crippen LogP contribution in [0, 0.1) is 5.82 Å². The van der Waals surface area contributed by atoms with Crippen LogP contribution in [0.15, 0.2) is 18.2 Å². The maximum atomic E-state index is 13.1. The van der Waals surface area contributed by atoms with Gasteiger partial charge in [0.15, 0.2) is 0 Å². The van der Waals surface area contributed by atoms with Crippen molar-refractivity contribution in [2.45, 2.75) is 25.2 Å². The van der Waals surface area contributed by atoms with Crippen molar-refractivity contribution in [3.05, 3.63) is 35.1 Å². The fourth-order valence-corrected chi connectivity index (χ4v) is 2.22. The molecule has 2 N–H and O–H groups in total. The summed E-state index contributed by atoms with van der Waals surface area (Å²) in [5.74, 6) is -0.651. The van der Waals surface area contributed by atoms with E-state index in [1.165, 1.54) is 0 Å². The molecule has 0 radical (unpaired) electrons. The molecule has 1 aromatic carbocycles. The molecule has 1 atom stereocenters. The van der Waals surface area contributed by atoms with E-state index in [4.69, 9.17) is 5.73 Å². The van der Waals surface area contributed by atoms with E-state index in [9.17, 15) is 17.6 Å². The first-order valence-electron chi connectivity index (χ1n) is 5.70. The molecule has 1 saturated heterocycles. The molecular weight excluding hydrogens is 248 g/mol. The van der Waals surface area contributed by atoms with Gasteiger partial charge in [0.2, 0.25) is 0 Å². The van der Waals surface area contributed by atoms with Crippen LogP contribution in [0.1, 0.15) is 17.5 Å². The van der Waals surface area contributed by atoms with Gasteiger partial charge in [-0.3, -0.25) is 4.90 Å². The highest BCUT2D eigenvalue weighted by molar-refractivity contribution is 5.30. The van der Waals surface area contributed by atoms with Crippen molar-refractivity contribution in [3.63, 3.8) is 0 Å². The van der Waals surface area contributed by atoms with E-state index in [-0.39, 0.29) is 18.2 Å². The summed E-state index contributed by atoms with van der Waals surface area (Å²) in [6.07, 6.45) is -3.69. The van der Waals surface area contributed by atoms with Crippen LogP contribution in [0.5, 0.6) is 0 Å². The number of alkyl halides is 3. The van der Waals surface area contributed by atoms with Crippen LogP contribution in [-0.2, 0) is 12.7 Å². The van der Waals surface area contributed by atoms with Gasteiger partial charge in [-0.05, 0) is 30.2 Å². The number of nitrogens with zero attached hydrogens (tertiary/aromatic N) is 1. The topological polar surface area (TPSA) is 29.3 Å². The van der Waals surface area contributed by atoms with Gasteiger partial charge in [-0.25, -0.2) is 4.39 Å². The van der Waals surface area contributed by atoms with Gasteiger partial charge in [-0.2, -0.15) is 13.2 Å². The van der Waals surface area contributed by atoms with Crippen molar-refractivity contribution >= 4 is 0 Å². The first-order valence-corrected chi connectivity index (χ1v) is 5.70. The third-order valence-corrected chi connectivity index (χ3v) is 3.08. The number of hydrogen-bond donors (Lipinski definition) is 1. The third kappa shape index (κ3) is 3.00. The molecule has 100 valence electrons. The maximum absolute atomic E-state index is 13.1. The summed E-state index contributed by atoms with van der Waals surface area (Å²) in [7, 11) is 0. The summed E-state index contributed by atoms with van der Waals surface area (Å²) in [6, 6.07) is 2.57. The summed E-state index contributed by atoms with van der Waals surface area (Å²) >= 11 is 0. The zero-order valence-electron chi connectivity index (χ0n) is 9.67. The van der Waals surface area contributed by atoms with Crippen LogP contribution >= 0.6 is 0 Å². The van der Waals surface area contributed by atoms with E-state index in [1.807, 2.05) is 4.90 Å². The van der Waals surface area contributed by atoms with E-state index >= 15 is 0 Å². The van der Waals surface area contributed by atoms with Crippen LogP contribution in [0.3, 0.4) is 0 Å². The minimum Gasteiger partial charge on any atom is -0.326 e. The Morgan fingerprint density at radius 3 is 2.61 bits per heavy atom. The highest BCUT2D eigenvalue weighted by atomic mass is 19.4. The molecule has 0 spiro atoms. The molecule has 1 aromatic rings. The lowest BCUT2D eigenvalue weighted by atomic mass is 10.1. The minimum absolute atomic E-state index is 0.00658. The lowest BCUT2D eigenvalue weighted by Crippen LogP contribution is -2.27. The normalized spacial score (nSPS) is 21.5. The average Bonchev–Trinajstić information content (AvgIpc) is 2.62. The van der Waals surface area contributed by atoms with Gasteiger partial charge in [0.25, 0.3) is 0 Å². The van der Waals surface area contributed by atoms with E-state index < -0.39 is 17.6 Å². The molecule has 18 heavy (non-hydrogen) atoms. The monoisotopic (exact) mass is 262 g/mol. The second kappa shape index (κ2) is 4.85. The Balaban J connectivity index is 2.23. The van der Waals surface area contributed by atoms with Gasteiger partial charge < -0.3 is 5.73 Å². The fraction of sp³-hybridized carbons (Fsp3) is 0.500. The fourth-order valence-electron chi connectivity index (χ4n) is 2.22. The summed E-state index contributed by atoms with van der Waals surface area (Å²) < 4.78 is 51.4. The van der Waals surface area contributed by atoms with Gasteiger partial charge in [0.1, 0.15) is 5.82 Å². The highest BCUT2D eigenvalue weighted by Crippen LogP contribution is 2.33. The quantitative estimate of drug-likeness (QED) is 0.829. The van der Waals surface area contributed by atoms with Gasteiger partial charge >= 0.3 is 6.18 Å². The molecule has 1 fully saturated rings. The summed E-state index contributed by atoms with van der Waals surface area (Å²) in [5.41, 5.74) is 4.89. The summed E-state index contributed by atoms with van der Waals surface area (Å²) in [4.78, 5) is 1.81. The Labute approximate surface area is 102 Å². The number of halogens is 4. The Hall–Kier alpha value is -1.14. The molecule has 2 rings (SSSR count). The predicted octanol–water partition coefficient (Wildman–Crippen LogP) is 2.38. The molecule has 0 aliphatic carbocycles. The number of rotatable bonds is 2. The smallest absolute Gasteiger partial charge is 0.326 e. The van der Waals surface area contributed by atoms with Gasteiger partial charge in [0, 0.05) is 25.7 Å². The zero-order chi connectivity index (χ0) is 13.3. The number of benzene rings is 1. The number of likely N-dealkylation sites (tertiary alicyclic amines) is 1. The van der Waals surface area contributed by atoms with Crippen LogP contribution in [0.4, 0.5) is 17.6 Å². The number of nitrogens with two attached hydrogens (primary N) is 1. The highest BCUT2D eigenvalue weighted by Gasteiger charge is 2.34. The van der Waals surface area contributed by atoms with E-state index in [0.717, 1.165) is 24.6 Å². The van der Waals surface area contributed by atoms with E-state index in [0.29, 0.717) is 13.1 Å². The SMILES string of the molecule is NC1CCN(Cc2cc(F)ccc2C(F)(F)F)C1. The Morgan fingerprint density at radius 1 is 1.33 bits per heavy atom. The zero-order valence-corrected chi connectivity index (χ0v) is 9.67. The molecule has 2 nitrogen and oxygen atoms in total. The predicted molar refractivity (Wildman–Crippen MR) is 59.3 cm³/mol. The lowest BCUT2D eigenvalue weighted by Gasteiger charge is -2.19. The standard InChI is InChI=1S/C12H14F4N2/c13-9-1-2-11(12(14,15)16)8(5-9)6-18-4-3-10(17)7-18/h1-2,5,10H,3-4,6-7,17H2. The molecule has 0 aromatic heterocycles. The molecule has 1 unspecified atom stereocenters. The Kier molecular flexibility index (Phi) is 3.59. The second-order valence-corrected chi connectivity index (χ2v) is 4.58. The molecule has 0 bridgehead atoms. The second-order valence-electron chi connectivity index (χ2n) is 4.58. The first-order chi connectivity index (χ1) is 8.36. The minimum atomic E-state index is -4.45. The summed E-state index contributed by atoms with van der Waals surface area (Å²) in [5, 5.41) is 0. The maximum Gasteiger partial charge on any atom is 0.416 e. The molecular formula is C12H14F4N2. The van der Waals surface area contributed by atoms with Crippen LogP contribution in [0.25, 0.3) is 0 Å².